The second-order valence-corrected chi connectivity index (χ2v) is 6.45. The summed E-state index contributed by atoms with van der Waals surface area (Å²) in [6.07, 6.45) is 0.240. The summed E-state index contributed by atoms with van der Waals surface area (Å²) in [4.78, 5) is 19.0. The molecule has 1 aromatic carbocycles. The fourth-order valence-corrected chi connectivity index (χ4v) is 2.99. The summed E-state index contributed by atoms with van der Waals surface area (Å²) >= 11 is 0. The highest BCUT2D eigenvalue weighted by Gasteiger charge is 2.40. The van der Waals surface area contributed by atoms with E-state index in [0.717, 1.165) is 11.1 Å². The quantitative estimate of drug-likeness (QED) is 0.449. The van der Waals surface area contributed by atoms with Crippen LogP contribution in [0.15, 0.2) is 18.2 Å². The molecule has 0 fully saturated rings. The maximum atomic E-state index is 12.4. The number of nitrogens with two attached hydrogens (primary N) is 1. The van der Waals surface area contributed by atoms with E-state index in [1.165, 1.54) is 4.83 Å². The van der Waals surface area contributed by atoms with Gasteiger partial charge >= 0.3 is 13.9 Å². The van der Waals surface area contributed by atoms with Crippen molar-refractivity contribution in [3.05, 3.63) is 29.3 Å². The molecule has 0 aliphatic rings. The first-order valence-electron chi connectivity index (χ1n) is 7.27. The van der Waals surface area contributed by atoms with E-state index < -0.39 is 20.0 Å². The molecule has 2 atom stereocenters. The van der Waals surface area contributed by atoms with Crippen LogP contribution >= 0.6 is 7.95 Å². The Morgan fingerprint density at radius 2 is 1.95 bits per heavy atom. The molecule has 2 unspecified atom stereocenters. The number of hydrogen-bond acceptors (Lipinski definition) is 5. The minimum absolute atomic E-state index is 0.240. The lowest BCUT2D eigenvalue weighted by atomic mass is 10.1. The number of hydrogen-bond donors (Lipinski definition) is 1. The third-order valence-corrected chi connectivity index (χ3v) is 4.60. The summed E-state index contributed by atoms with van der Waals surface area (Å²) in [5.41, 5.74) is 7.27. The second-order valence-electron chi connectivity index (χ2n) is 4.91. The number of hydroxylamine groups is 1. The zero-order chi connectivity index (χ0) is 16.7. The first-order chi connectivity index (χ1) is 10.4. The van der Waals surface area contributed by atoms with Crippen LogP contribution in [-0.4, -0.2) is 36.2 Å². The molecule has 0 amide bonds. The summed E-state index contributed by atoms with van der Waals surface area (Å²) in [6, 6.07) is 4.92. The maximum Gasteiger partial charge on any atom is 0.472 e. The molecule has 0 aromatic heterocycles. The van der Waals surface area contributed by atoms with Crippen LogP contribution in [0.25, 0.3) is 0 Å². The first kappa shape index (κ1) is 18.6. The Morgan fingerprint density at radius 3 is 2.45 bits per heavy atom. The van der Waals surface area contributed by atoms with E-state index in [1.54, 1.807) is 13.8 Å². The average molecular weight is 327 g/mol. The van der Waals surface area contributed by atoms with Gasteiger partial charge in [0.2, 0.25) is 0 Å². The van der Waals surface area contributed by atoms with Gasteiger partial charge in [-0.1, -0.05) is 18.2 Å². The van der Waals surface area contributed by atoms with E-state index in [-0.39, 0.29) is 19.3 Å². The molecule has 0 spiro atoms. The summed E-state index contributed by atoms with van der Waals surface area (Å²) in [7, 11) is -1.94. The highest BCUT2D eigenvalue weighted by molar-refractivity contribution is 7.41. The molecule has 0 bridgehead atoms. The van der Waals surface area contributed by atoms with E-state index in [1.807, 2.05) is 32.0 Å². The Labute approximate surface area is 132 Å². The van der Waals surface area contributed by atoms with Crippen molar-refractivity contribution >= 4 is 13.9 Å². The molecule has 0 saturated heterocycles. The summed E-state index contributed by atoms with van der Waals surface area (Å²) in [6.45, 7) is 7.62. The van der Waals surface area contributed by atoms with Crippen molar-refractivity contribution in [1.29, 1.82) is 0 Å². The van der Waals surface area contributed by atoms with Crippen molar-refractivity contribution in [3.63, 3.8) is 0 Å². The Kier molecular flexibility index (Phi) is 7.45. The molecule has 0 radical (unpaired) electrons. The number of carbonyl (C=O) groups is 1. The van der Waals surface area contributed by atoms with E-state index in [4.69, 9.17) is 15.3 Å². The van der Waals surface area contributed by atoms with Gasteiger partial charge in [-0.2, -0.15) is 0 Å². The lowest BCUT2D eigenvalue weighted by molar-refractivity contribution is -0.153. The highest BCUT2D eigenvalue weighted by atomic mass is 31.1. The van der Waals surface area contributed by atoms with Gasteiger partial charge in [0.05, 0.1) is 11.4 Å². The van der Waals surface area contributed by atoms with E-state index in [2.05, 4.69) is 0 Å². The number of nitrogens with zero attached hydrogens (tertiary/aromatic N) is 1. The monoisotopic (exact) mass is 327 g/mol. The van der Waals surface area contributed by atoms with Gasteiger partial charge in [0.15, 0.2) is 18.0 Å². The van der Waals surface area contributed by atoms with Gasteiger partial charge < -0.3 is 15.3 Å². The molecule has 122 valence electrons. The number of rotatable bonds is 8. The fraction of sp³-hybridized carbons (Fsp3) is 0.533. The summed E-state index contributed by atoms with van der Waals surface area (Å²) in [5.74, 6) is 0.119. The topological polar surface area (TPSA) is 81.9 Å². The predicted molar refractivity (Wildman–Crippen MR) is 86.0 cm³/mol. The summed E-state index contributed by atoms with van der Waals surface area (Å²) in [5, 5.41) is 0. The molecule has 0 saturated carbocycles. The van der Waals surface area contributed by atoms with Crippen molar-refractivity contribution in [3.8, 4) is 5.75 Å². The molecular formula is C15H24N2O4P+. The number of ether oxygens (including phenoxy) is 1. The molecule has 0 aliphatic carbocycles. The highest BCUT2D eigenvalue weighted by Crippen LogP contribution is 2.33. The van der Waals surface area contributed by atoms with Crippen LogP contribution in [0.5, 0.6) is 5.75 Å². The maximum absolute atomic E-state index is 12.4. The number of benzene rings is 1. The fourth-order valence-electron chi connectivity index (χ4n) is 1.92. The van der Waals surface area contributed by atoms with Crippen molar-refractivity contribution < 1.29 is 18.9 Å². The average Bonchev–Trinajstić information content (AvgIpc) is 2.46. The van der Waals surface area contributed by atoms with Crippen LogP contribution in [0.4, 0.5) is 0 Å². The molecule has 6 nitrogen and oxygen atoms in total. The number of carbonyl (C=O) groups excluding carboxylic acids is 1. The van der Waals surface area contributed by atoms with Gasteiger partial charge in [-0.25, -0.2) is 0 Å². The Morgan fingerprint density at radius 1 is 1.36 bits per heavy atom. The van der Waals surface area contributed by atoms with Crippen LogP contribution < -0.4 is 10.6 Å². The van der Waals surface area contributed by atoms with Crippen LogP contribution in [-0.2, 0) is 14.1 Å². The van der Waals surface area contributed by atoms with Gasteiger partial charge in [0.1, 0.15) is 0 Å². The molecule has 22 heavy (non-hydrogen) atoms. The number of aryl methyl sites for hydroxylation is 2. The largest absolute Gasteiger partial charge is 0.472 e. The van der Waals surface area contributed by atoms with Crippen molar-refractivity contribution in [1.82, 2.24) is 4.83 Å². The molecule has 2 N–H and O–H groups in total. The van der Waals surface area contributed by atoms with Crippen LogP contribution in [0.1, 0.15) is 25.0 Å². The van der Waals surface area contributed by atoms with Crippen LogP contribution in [0, 0.1) is 13.8 Å². The SMILES string of the molecule is CCOC(=O)C(C)N(Oc1c(C)cccc1C)[P+](=O)CCN. The third kappa shape index (κ3) is 4.77. The van der Waals surface area contributed by atoms with E-state index >= 15 is 0 Å². The van der Waals surface area contributed by atoms with Gasteiger partial charge in [0, 0.05) is 6.54 Å². The van der Waals surface area contributed by atoms with Gasteiger partial charge in [0.25, 0.3) is 0 Å². The normalized spacial score (nSPS) is 12.9. The minimum atomic E-state index is -1.94. The molecule has 1 aromatic rings. The predicted octanol–water partition coefficient (Wildman–Crippen LogP) is 2.55. The van der Waals surface area contributed by atoms with E-state index in [9.17, 15) is 9.36 Å². The smallest absolute Gasteiger partial charge is 0.465 e. The molecule has 0 aliphatic heterocycles. The number of esters is 1. The lowest BCUT2D eigenvalue weighted by Crippen LogP contribution is -2.38. The minimum Gasteiger partial charge on any atom is -0.465 e. The second kappa shape index (κ2) is 8.83. The Balaban J connectivity index is 3.05. The zero-order valence-corrected chi connectivity index (χ0v) is 14.4. The van der Waals surface area contributed by atoms with Crippen molar-refractivity contribution in [2.45, 2.75) is 33.7 Å². The molecule has 0 heterocycles. The standard InChI is InChI=1S/C15H24N2O4P/c1-5-20-15(18)13(4)17(22(19)10-9-16)21-14-11(2)7-6-8-12(14)3/h6-8,13H,5,9-10,16H2,1-4H3/q+1. The first-order valence-corrected chi connectivity index (χ1v) is 8.66. The Bertz CT molecular complexity index is 516. The third-order valence-electron chi connectivity index (χ3n) is 3.09. The number of para-hydroxylation sites is 1. The van der Waals surface area contributed by atoms with Crippen LogP contribution in [0.3, 0.4) is 0 Å². The zero-order valence-electron chi connectivity index (χ0n) is 13.5. The van der Waals surface area contributed by atoms with E-state index in [0.29, 0.717) is 5.75 Å². The molecular weight excluding hydrogens is 303 g/mol. The Hall–Kier alpha value is -1.49. The summed E-state index contributed by atoms with van der Waals surface area (Å²) < 4.78 is 17.4. The van der Waals surface area contributed by atoms with Gasteiger partial charge in [-0.3, -0.25) is 4.79 Å². The van der Waals surface area contributed by atoms with Gasteiger partial charge in [-0.05, 0) is 43.4 Å². The van der Waals surface area contributed by atoms with Crippen LogP contribution in [0.2, 0.25) is 0 Å². The molecule has 1 rings (SSSR count). The van der Waals surface area contributed by atoms with Gasteiger partial charge in [-0.15, -0.1) is 0 Å². The van der Waals surface area contributed by atoms with Crippen molar-refractivity contribution in [2.24, 2.45) is 5.73 Å². The van der Waals surface area contributed by atoms with Crippen molar-refractivity contribution in [2.75, 3.05) is 19.3 Å². The lowest BCUT2D eigenvalue weighted by Gasteiger charge is -2.19. The molecule has 7 heteroatoms.